The summed E-state index contributed by atoms with van der Waals surface area (Å²) in [5, 5.41) is 0. The van der Waals surface area contributed by atoms with Crippen molar-refractivity contribution in [2.45, 2.75) is 0 Å². The fourth-order valence-corrected chi connectivity index (χ4v) is 0.526. The zero-order valence-corrected chi connectivity index (χ0v) is 4.83. The summed E-state index contributed by atoms with van der Waals surface area (Å²) in [4.78, 5) is 3.84. The van der Waals surface area contributed by atoms with Gasteiger partial charge in [0.1, 0.15) is 5.82 Å². The van der Waals surface area contributed by atoms with E-state index in [1.165, 1.54) is 0 Å². The Bertz CT molecular complexity index is 198. The highest BCUT2D eigenvalue weighted by atomic mass is 15.2. The SMILES string of the molecule is NNc1cc(N)ccn1. The third-order valence-electron chi connectivity index (χ3n) is 0.932. The van der Waals surface area contributed by atoms with Gasteiger partial charge < -0.3 is 11.2 Å². The lowest BCUT2D eigenvalue weighted by molar-refractivity contribution is 1.23. The van der Waals surface area contributed by atoms with Gasteiger partial charge in [0.2, 0.25) is 0 Å². The Morgan fingerprint density at radius 1 is 1.56 bits per heavy atom. The number of hydrogen-bond donors (Lipinski definition) is 3. The molecule has 4 nitrogen and oxygen atoms in total. The zero-order valence-electron chi connectivity index (χ0n) is 4.83. The van der Waals surface area contributed by atoms with Crippen LogP contribution in [0.15, 0.2) is 18.3 Å². The molecular weight excluding hydrogens is 116 g/mol. The standard InChI is InChI=1S/C5H8N4/c6-4-1-2-8-5(3-4)9-7/h1-3H,7H2,(H3,6,8,9). The first-order chi connectivity index (χ1) is 4.33. The van der Waals surface area contributed by atoms with Crippen LogP contribution in [0.2, 0.25) is 0 Å². The predicted octanol–water partition coefficient (Wildman–Crippen LogP) is -0.0506. The Morgan fingerprint density at radius 2 is 2.33 bits per heavy atom. The molecular formula is C5H8N4. The van der Waals surface area contributed by atoms with Crippen molar-refractivity contribution in [3.05, 3.63) is 18.3 Å². The van der Waals surface area contributed by atoms with Gasteiger partial charge in [0.15, 0.2) is 0 Å². The van der Waals surface area contributed by atoms with Crippen molar-refractivity contribution in [1.82, 2.24) is 4.98 Å². The van der Waals surface area contributed by atoms with E-state index in [-0.39, 0.29) is 0 Å². The van der Waals surface area contributed by atoms with Gasteiger partial charge in [-0.2, -0.15) is 0 Å². The molecule has 0 aromatic carbocycles. The van der Waals surface area contributed by atoms with Crippen LogP contribution in [-0.2, 0) is 0 Å². The van der Waals surface area contributed by atoms with Crippen LogP contribution in [-0.4, -0.2) is 4.98 Å². The summed E-state index contributed by atoms with van der Waals surface area (Å²) in [6.45, 7) is 0. The molecule has 1 rings (SSSR count). The number of nitrogens with two attached hydrogens (primary N) is 2. The normalized spacial score (nSPS) is 9.00. The Balaban J connectivity index is 2.94. The lowest BCUT2D eigenvalue weighted by Gasteiger charge is -1.96. The van der Waals surface area contributed by atoms with E-state index >= 15 is 0 Å². The summed E-state index contributed by atoms with van der Waals surface area (Å²) >= 11 is 0. The van der Waals surface area contributed by atoms with Crippen molar-refractivity contribution in [3.63, 3.8) is 0 Å². The quantitative estimate of drug-likeness (QED) is 0.362. The largest absolute Gasteiger partial charge is 0.399 e. The number of hydrogen-bond acceptors (Lipinski definition) is 4. The summed E-state index contributed by atoms with van der Waals surface area (Å²) in [5.74, 6) is 5.63. The Morgan fingerprint density at radius 3 is 2.78 bits per heavy atom. The van der Waals surface area contributed by atoms with E-state index in [0.717, 1.165) is 0 Å². The van der Waals surface area contributed by atoms with Crippen molar-refractivity contribution in [2.24, 2.45) is 5.84 Å². The van der Waals surface area contributed by atoms with E-state index in [2.05, 4.69) is 10.4 Å². The molecule has 0 aliphatic heterocycles. The average Bonchev–Trinajstić information content (AvgIpc) is 1.88. The van der Waals surface area contributed by atoms with E-state index in [1.54, 1.807) is 18.3 Å². The third kappa shape index (κ3) is 1.30. The maximum absolute atomic E-state index is 5.40. The van der Waals surface area contributed by atoms with Gasteiger partial charge in [-0.1, -0.05) is 0 Å². The smallest absolute Gasteiger partial charge is 0.141 e. The van der Waals surface area contributed by atoms with Crippen molar-refractivity contribution in [1.29, 1.82) is 0 Å². The molecule has 0 radical (unpaired) electrons. The van der Waals surface area contributed by atoms with E-state index in [4.69, 9.17) is 11.6 Å². The summed E-state index contributed by atoms with van der Waals surface area (Å²) in [6, 6.07) is 3.35. The van der Waals surface area contributed by atoms with Gasteiger partial charge in [-0.15, -0.1) is 0 Å². The molecule has 5 N–H and O–H groups in total. The van der Waals surface area contributed by atoms with Crippen LogP contribution in [0.5, 0.6) is 0 Å². The number of aromatic nitrogens is 1. The number of nitrogen functional groups attached to an aromatic ring is 2. The van der Waals surface area contributed by atoms with Gasteiger partial charge in [-0.05, 0) is 6.07 Å². The summed E-state index contributed by atoms with van der Waals surface area (Å²) in [7, 11) is 0. The molecule has 0 atom stereocenters. The number of pyridine rings is 1. The van der Waals surface area contributed by atoms with Crippen LogP contribution >= 0.6 is 0 Å². The zero-order chi connectivity index (χ0) is 6.69. The molecule has 1 heterocycles. The number of anilines is 2. The van der Waals surface area contributed by atoms with E-state index in [9.17, 15) is 0 Å². The van der Waals surface area contributed by atoms with Crippen LogP contribution in [0.1, 0.15) is 0 Å². The molecule has 0 amide bonds. The first kappa shape index (κ1) is 5.84. The number of rotatable bonds is 1. The topological polar surface area (TPSA) is 77.0 Å². The predicted molar refractivity (Wildman–Crippen MR) is 36.5 cm³/mol. The molecule has 0 unspecified atom stereocenters. The number of nitrogens with one attached hydrogen (secondary N) is 1. The lowest BCUT2D eigenvalue weighted by atomic mass is 10.4. The van der Waals surface area contributed by atoms with Crippen molar-refractivity contribution in [2.75, 3.05) is 11.2 Å². The fraction of sp³-hybridized carbons (Fsp3) is 0. The second-order valence-electron chi connectivity index (χ2n) is 1.62. The summed E-state index contributed by atoms with van der Waals surface area (Å²) < 4.78 is 0. The molecule has 0 saturated heterocycles. The third-order valence-corrected chi connectivity index (χ3v) is 0.932. The minimum atomic E-state index is 0.579. The highest BCUT2D eigenvalue weighted by Crippen LogP contribution is 2.04. The highest BCUT2D eigenvalue weighted by molar-refractivity contribution is 5.47. The second kappa shape index (κ2) is 2.32. The highest BCUT2D eigenvalue weighted by Gasteiger charge is 1.87. The van der Waals surface area contributed by atoms with Crippen LogP contribution < -0.4 is 17.0 Å². The van der Waals surface area contributed by atoms with Gasteiger partial charge >= 0.3 is 0 Å². The number of hydrazine groups is 1. The minimum Gasteiger partial charge on any atom is -0.399 e. The fourth-order valence-electron chi connectivity index (χ4n) is 0.526. The van der Waals surface area contributed by atoms with Gasteiger partial charge in [0.05, 0.1) is 0 Å². The molecule has 0 aliphatic rings. The average molecular weight is 124 g/mol. The van der Waals surface area contributed by atoms with Crippen molar-refractivity contribution in [3.8, 4) is 0 Å². The van der Waals surface area contributed by atoms with E-state index < -0.39 is 0 Å². The molecule has 1 aromatic rings. The minimum absolute atomic E-state index is 0.579. The van der Waals surface area contributed by atoms with Gasteiger partial charge in [-0.25, -0.2) is 10.8 Å². The van der Waals surface area contributed by atoms with Crippen molar-refractivity contribution >= 4 is 11.5 Å². The summed E-state index contributed by atoms with van der Waals surface area (Å²) in [5.41, 5.74) is 8.43. The number of nitrogens with zero attached hydrogens (tertiary/aromatic N) is 1. The lowest BCUT2D eigenvalue weighted by Crippen LogP contribution is -2.08. The van der Waals surface area contributed by atoms with Crippen LogP contribution in [0.4, 0.5) is 11.5 Å². The molecule has 0 aliphatic carbocycles. The molecule has 0 bridgehead atoms. The molecule has 48 valence electrons. The second-order valence-corrected chi connectivity index (χ2v) is 1.62. The van der Waals surface area contributed by atoms with Crippen LogP contribution in [0.3, 0.4) is 0 Å². The molecule has 0 spiro atoms. The van der Waals surface area contributed by atoms with Crippen LogP contribution in [0, 0.1) is 0 Å². The molecule has 9 heavy (non-hydrogen) atoms. The Hall–Kier alpha value is -1.29. The van der Waals surface area contributed by atoms with Crippen molar-refractivity contribution < 1.29 is 0 Å². The molecule has 4 heteroatoms. The van der Waals surface area contributed by atoms with Gasteiger partial charge in [-0.3, -0.25) is 0 Å². The van der Waals surface area contributed by atoms with Crippen LogP contribution in [0.25, 0.3) is 0 Å². The van der Waals surface area contributed by atoms with Gasteiger partial charge in [0, 0.05) is 18.0 Å². The first-order valence-electron chi connectivity index (χ1n) is 2.51. The molecule has 0 fully saturated rings. The Kier molecular flexibility index (Phi) is 1.51. The maximum Gasteiger partial charge on any atom is 0.141 e. The van der Waals surface area contributed by atoms with E-state index in [0.29, 0.717) is 11.5 Å². The molecule has 0 saturated carbocycles. The Labute approximate surface area is 52.9 Å². The maximum atomic E-state index is 5.40. The van der Waals surface area contributed by atoms with Gasteiger partial charge in [0.25, 0.3) is 0 Å². The molecule has 1 aromatic heterocycles. The summed E-state index contributed by atoms with van der Waals surface area (Å²) in [6.07, 6.45) is 1.59. The first-order valence-corrected chi connectivity index (χ1v) is 2.51. The monoisotopic (exact) mass is 124 g/mol. The van der Waals surface area contributed by atoms with E-state index in [1.807, 2.05) is 0 Å².